The lowest BCUT2D eigenvalue weighted by Crippen LogP contribution is -2.28. The summed E-state index contributed by atoms with van der Waals surface area (Å²) in [6.07, 6.45) is -3.28. The van der Waals surface area contributed by atoms with Gasteiger partial charge in [-0.25, -0.2) is 9.37 Å². The zero-order valence-corrected chi connectivity index (χ0v) is 20.0. The van der Waals surface area contributed by atoms with Crippen molar-refractivity contribution in [3.63, 3.8) is 0 Å². The molecule has 4 rings (SSSR count). The van der Waals surface area contributed by atoms with E-state index in [0.717, 1.165) is 11.6 Å². The normalized spacial score (nSPS) is 12.5. The Kier molecular flexibility index (Phi) is 8.03. The van der Waals surface area contributed by atoms with Crippen molar-refractivity contribution in [1.29, 1.82) is 0 Å². The summed E-state index contributed by atoms with van der Waals surface area (Å²) in [5.41, 5.74) is 1.09. The lowest BCUT2D eigenvalue weighted by molar-refractivity contribution is -0.138. The fourth-order valence-electron chi connectivity index (χ4n) is 3.96. The number of nitrogens with zero attached hydrogens (tertiary/aromatic N) is 2. The molecular formula is C28H25F4N3O2. The molecule has 4 aromatic rings. The van der Waals surface area contributed by atoms with Crippen molar-refractivity contribution in [3.8, 4) is 0 Å². The molecule has 0 bridgehead atoms. The van der Waals surface area contributed by atoms with Crippen LogP contribution in [0.15, 0.2) is 89.5 Å². The van der Waals surface area contributed by atoms with Gasteiger partial charge in [0, 0.05) is 19.1 Å². The van der Waals surface area contributed by atoms with Crippen LogP contribution in [0.5, 0.6) is 0 Å². The third kappa shape index (κ3) is 6.83. The maximum Gasteiger partial charge on any atom is 0.416 e. The maximum absolute atomic E-state index is 13.6. The van der Waals surface area contributed by atoms with Crippen LogP contribution in [0.2, 0.25) is 0 Å². The molecule has 0 radical (unpaired) electrons. The van der Waals surface area contributed by atoms with Crippen LogP contribution in [-0.2, 0) is 25.8 Å². The Morgan fingerprint density at radius 2 is 1.65 bits per heavy atom. The van der Waals surface area contributed by atoms with Gasteiger partial charge in [-0.2, -0.15) is 13.2 Å². The summed E-state index contributed by atoms with van der Waals surface area (Å²) in [6.45, 7) is 2.13. The van der Waals surface area contributed by atoms with Gasteiger partial charge in [0.05, 0.1) is 12.1 Å². The molecule has 1 N–H and O–H groups in total. The highest BCUT2D eigenvalue weighted by Crippen LogP contribution is 2.34. The second-order valence-electron chi connectivity index (χ2n) is 8.58. The smallest absolute Gasteiger partial charge is 0.416 e. The van der Waals surface area contributed by atoms with E-state index in [4.69, 9.17) is 4.42 Å². The van der Waals surface area contributed by atoms with Gasteiger partial charge in [0.25, 0.3) is 5.91 Å². The van der Waals surface area contributed by atoms with E-state index in [9.17, 15) is 22.4 Å². The van der Waals surface area contributed by atoms with Crippen molar-refractivity contribution in [2.75, 3.05) is 0 Å². The van der Waals surface area contributed by atoms with Gasteiger partial charge in [-0.3, -0.25) is 9.69 Å². The molecule has 0 aliphatic rings. The largest absolute Gasteiger partial charge is 0.447 e. The Hall–Kier alpha value is -3.98. The van der Waals surface area contributed by atoms with Crippen LogP contribution in [0.4, 0.5) is 17.6 Å². The fourth-order valence-corrected chi connectivity index (χ4v) is 3.96. The van der Waals surface area contributed by atoms with E-state index in [0.29, 0.717) is 5.56 Å². The molecule has 1 atom stereocenters. The molecular weight excluding hydrogens is 486 g/mol. The van der Waals surface area contributed by atoms with E-state index < -0.39 is 17.6 Å². The molecule has 0 unspecified atom stereocenters. The Bertz CT molecular complexity index is 1320. The highest BCUT2D eigenvalue weighted by atomic mass is 19.4. The molecule has 0 spiro atoms. The molecule has 3 aromatic carbocycles. The van der Waals surface area contributed by atoms with Gasteiger partial charge in [-0.15, -0.1) is 0 Å². The van der Waals surface area contributed by atoms with Crippen molar-refractivity contribution < 1.29 is 26.8 Å². The number of alkyl halides is 3. The van der Waals surface area contributed by atoms with Gasteiger partial charge in [0.2, 0.25) is 5.89 Å². The number of rotatable bonds is 9. The summed E-state index contributed by atoms with van der Waals surface area (Å²) in [5.74, 6) is -0.660. The van der Waals surface area contributed by atoms with Crippen molar-refractivity contribution >= 4 is 5.91 Å². The summed E-state index contributed by atoms with van der Waals surface area (Å²) in [7, 11) is 0. The van der Waals surface area contributed by atoms with Crippen molar-refractivity contribution in [3.05, 3.63) is 125 Å². The topological polar surface area (TPSA) is 58.4 Å². The molecule has 37 heavy (non-hydrogen) atoms. The number of carbonyl (C=O) groups is 1. The molecule has 0 aliphatic carbocycles. The standard InChI is InChI=1S/C28H25F4N3O2/c1-19(21-7-3-2-4-8-21)35(16-22-9-5-6-10-24(22)28(30,31)32)17-26-34-25(18-37-26)27(36)33-15-20-11-13-23(29)14-12-20/h2-14,18-19H,15-17H2,1H3,(H,33,36)/t19-/m1/s1. The Balaban J connectivity index is 1.52. The van der Waals surface area contributed by atoms with Crippen molar-refractivity contribution in [2.45, 2.75) is 38.8 Å². The van der Waals surface area contributed by atoms with E-state index in [1.54, 1.807) is 18.2 Å². The molecule has 192 valence electrons. The lowest BCUT2D eigenvalue weighted by atomic mass is 10.0. The minimum Gasteiger partial charge on any atom is -0.447 e. The quantitative estimate of drug-likeness (QED) is 0.260. The molecule has 0 fully saturated rings. The van der Waals surface area contributed by atoms with E-state index in [-0.39, 0.29) is 48.6 Å². The van der Waals surface area contributed by atoms with Crippen LogP contribution < -0.4 is 5.32 Å². The van der Waals surface area contributed by atoms with Gasteiger partial charge in [-0.1, -0.05) is 60.7 Å². The Morgan fingerprint density at radius 1 is 0.973 bits per heavy atom. The Labute approximate surface area is 211 Å². The van der Waals surface area contributed by atoms with Crippen LogP contribution in [0, 0.1) is 5.82 Å². The number of amides is 1. The highest BCUT2D eigenvalue weighted by Gasteiger charge is 2.34. The predicted octanol–water partition coefficient (Wildman–Crippen LogP) is 6.53. The first kappa shape index (κ1) is 26.1. The predicted molar refractivity (Wildman–Crippen MR) is 130 cm³/mol. The number of hydrogen-bond acceptors (Lipinski definition) is 4. The van der Waals surface area contributed by atoms with Gasteiger partial charge in [-0.05, 0) is 41.8 Å². The second kappa shape index (κ2) is 11.4. The summed E-state index contributed by atoms with van der Waals surface area (Å²) < 4.78 is 59.5. The molecule has 0 aliphatic heterocycles. The first-order valence-corrected chi connectivity index (χ1v) is 11.6. The van der Waals surface area contributed by atoms with E-state index in [1.165, 1.54) is 30.5 Å². The SMILES string of the molecule is C[C@H](c1ccccc1)N(Cc1nc(C(=O)NCc2ccc(F)cc2)co1)Cc1ccccc1C(F)(F)F. The van der Waals surface area contributed by atoms with Crippen LogP contribution in [0.3, 0.4) is 0 Å². The fraction of sp³-hybridized carbons (Fsp3) is 0.214. The number of nitrogens with one attached hydrogen (secondary N) is 1. The van der Waals surface area contributed by atoms with Crippen molar-refractivity contribution in [2.24, 2.45) is 0 Å². The first-order valence-electron chi connectivity index (χ1n) is 11.6. The number of halogens is 4. The number of hydrogen-bond donors (Lipinski definition) is 1. The number of aromatic nitrogens is 1. The summed E-state index contributed by atoms with van der Waals surface area (Å²) >= 11 is 0. The molecule has 0 saturated heterocycles. The van der Waals surface area contributed by atoms with Gasteiger partial charge >= 0.3 is 6.18 Å². The average molecular weight is 512 g/mol. The molecule has 1 aromatic heterocycles. The zero-order valence-electron chi connectivity index (χ0n) is 20.0. The molecule has 1 heterocycles. The highest BCUT2D eigenvalue weighted by molar-refractivity contribution is 5.91. The Morgan fingerprint density at radius 3 is 2.35 bits per heavy atom. The zero-order chi connectivity index (χ0) is 26.4. The van der Waals surface area contributed by atoms with Crippen LogP contribution in [-0.4, -0.2) is 15.8 Å². The number of oxazole rings is 1. The van der Waals surface area contributed by atoms with Gasteiger partial charge in [0.1, 0.15) is 12.1 Å². The van der Waals surface area contributed by atoms with E-state index in [2.05, 4.69) is 10.3 Å². The summed E-state index contributed by atoms with van der Waals surface area (Å²) in [4.78, 5) is 18.6. The van der Waals surface area contributed by atoms with Crippen LogP contribution in [0.25, 0.3) is 0 Å². The van der Waals surface area contributed by atoms with Crippen LogP contribution in [0.1, 0.15) is 51.6 Å². The summed E-state index contributed by atoms with van der Waals surface area (Å²) in [6, 6.07) is 20.3. The monoisotopic (exact) mass is 511 g/mol. The molecule has 9 heteroatoms. The third-order valence-corrected chi connectivity index (χ3v) is 6.01. The molecule has 1 amide bonds. The van der Waals surface area contributed by atoms with Gasteiger partial charge < -0.3 is 9.73 Å². The molecule has 5 nitrogen and oxygen atoms in total. The van der Waals surface area contributed by atoms with E-state index in [1.807, 2.05) is 42.2 Å². The lowest BCUT2D eigenvalue weighted by Gasteiger charge is -2.29. The molecule has 0 saturated carbocycles. The minimum atomic E-state index is -4.49. The number of carbonyl (C=O) groups excluding carboxylic acids is 1. The van der Waals surface area contributed by atoms with Crippen molar-refractivity contribution in [1.82, 2.24) is 15.2 Å². The van der Waals surface area contributed by atoms with Crippen LogP contribution >= 0.6 is 0 Å². The minimum absolute atomic E-state index is 0.0137. The first-order chi connectivity index (χ1) is 17.7. The number of benzene rings is 3. The maximum atomic E-state index is 13.6. The third-order valence-electron chi connectivity index (χ3n) is 6.01. The van der Waals surface area contributed by atoms with E-state index >= 15 is 0 Å². The second-order valence-corrected chi connectivity index (χ2v) is 8.58. The van der Waals surface area contributed by atoms with Gasteiger partial charge in [0.15, 0.2) is 5.69 Å². The average Bonchev–Trinajstić information content (AvgIpc) is 3.36. The summed E-state index contributed by atoms with van der Waals surface area (Å²) in [5, 5.41) is 2.69.